The van der Waals surface area contributed by atoms with Crippen LogP contribution in [-0.4, -0.2) is 15.8 Å². The van der Waals surface area contributed by atoms with Crippen LogP contribution in [-0.2, 0) is 0 Å². The number of Topliss-reactive ketones (excluding diaryl/α,β-unsaturated/α-hetero) is 1. The molecule has 4 heteroatoms. The molecule has 1 heterocycles. The average molecular weight is 441 g/mol. The van der Waals surface area contributed by atoms with E-state index in [1.165, 1.54) is 43.2 Å². The lowest BCUT2D eigenvalue weighted by Crippen LogP contribution is -2.16. The Balaban J connectivity index is 1.26. The summed E-state index contributed by atoms with van der Waals surface area (Å²) in [6.07, 6.45) is 13.2. The van der Waals surface area contributed by atoms with Crippen molar-refractivity contribution in [1.29, 1.82) is 0 Å². The topological polar surface area (TPSA) is 62.8 Å². The lowest BCUT2D eigenvalue weighted by Gasteiger charge is -2.15. The van der Waals surface area contributed by atoms with Crippen molar-refractivity contribution in [3.63, 3.8) is 0 Å². The van der Waals surface area contributed by atoms with Gasteiger partial charge in [-0.3, -0.25) is 9.59 Å². The van der Waals surface area contributed by atoms with Gasteiger partial charge in [0, 0.05) is 17.4 Å². The number of carbonyl (C=O) groups is 1. The molecule has 0 saturated heterocycles. The monoisotopic (exact) mass is 440 g/mol. The number of rotatable bonds is 4. The van der Waals surface area contributed by atoms with Crippen LogP contribution in [0.15, 0.2) is 58.9 Å². The van der Waals surface area contributed by atoms with E-state index in [9.17, 15) is 9.59 Å². The van der Waals surface area contributed by atoms with Crippen LogP contribution in [0.3, 0.4) is 0 Å². The van der Waals surface area contributed by atoms with Crippen LogP contribution in [0.2, 0.25) is 0 Å². The van der Waals surface area contributed by atoms with Gasteiger partial charge in [-0.25, -0.2) is 4.98 Å². The summed E-state index contributed by atoms with van der Waals surface area (Å²) < 4.78 is 0. The largest absolute Gasteiger partial charge is 0.310 e. The van der Waals surface area contributed by atoms with Crippen LogP contribution < -0.4 is 5.56 Å². The predicted molar refractivity (Wildman–Crippen MR) is 134 cm³/mol. The highest BCUT2D eigenvalue weighted by atomic mass is 16.1. The van der Waals surface area contributed by atoms with E-state index in [-0.39, 0.29) is 23.2 Å². The van der Waals surface area contributed by atoms with Gasteiger partial charge in [0.2, 0.25) is 0 Å². The van der Waals surface area contributed by atoms with Crippen molar-refractivity contribution in [3.05, 3.63) is 81.4 Å². The molecule has 3 aromatic rings. The van der Waals surface area contributed by atoms with Crippen molar-refractivity contribution in [1.82, 2.24) is 9.97 Å². The number of hydrogen-bond acceptors (Lipinski definition) is 3. The highest BCUT2D eigenvalue weighted by Crippen LogP contribution is 2.34. The number of H-pyrrole nitrogens is 1. The molecule has 2 fully saturated rings. The number of aromatic amines is 1. The second kappa shape index (κ2) is 9.86. The van der Waals surface area contributed by atoms with Crippen LogP contribution in [0.4, 0.5) is 0 Å². The van der Waals surface area contributed by atoms with E-state index in [1.807, 2.05) is 36.4 Å². The van der Waals surface area contributed by atoms with Gasteiger partial charge in [-0.1, -0.05) is 60.9 Å². The van der Waals surface area contributed by atoms with Crippen molar-refractivity contribution >= 4 is 22.8 Å². The van der Waals surface area contributed by atoms with Gasteiger partial charge in [-0.15, -0.1) is 0 Å². The Hall–Kier alpha value is -3.01. The molecule has 2 saturated carbocycles. The molecular weight excluding hydrogens is 408 g/mol. The Morgan fingerprint density at radius 3 is 2.48 bits per heavy atom. The molecule has 170 valence electrons. The van der Waals surface area contributed by atoms with E-state index >= 15 is 0 Å². The van der Waals surface area contributed by atoms with Gasteiger partial charge in [-0.05, 0) is 69.1 Å². The van der Waals surface area contributed by atoms with E-state index in [1.54, 1.807) is 0 Å². The van der Waals surface area contributed by atoms with Crippen molar-refractivity contribution < 1.29 is 4.79 Å². The fraction of sp³-hybridized carbons (Fsp3) is 0.414. The maximum absolute atomic E-state index is 13.2. The van der Waals surface area contributed by atoms with Gasteiger partial charge >= 0.3 is 0 Å². The summed E-state index contributed by atoms with van der Waals surface area (Å²) >= 11 is 0. The molecule has 1 N–H and O–H groups in total. The molecule has 2 atom stereocenters. The number of benzene rings is 2. The van der Waals surface area contributed by atoms with Crippen LogP contribution in [0.5, 0.6) is 0 Å². The van der Waals surface area contributed by atoms with E-state index in [0.29, 0.717) is 5.39 Å². The van der Waals surface area contributed by atoms with Gasteiger partial charge < -0.3 is 4.98 Å². The highest BCUT2D eigenvalue weighted by Gasteiger charge is 2.27. The second-order valence-electron chi connectivity index (χ2n) is 9.72. The van der Waals surface area contributed by atoms with Crippen LogP contribution in [0, 0.1) is 5.92 Å². The molecule has 2 aliphatic carbocycles. The summed E-state index contributed by atoms with van der Waals surface area (Å²) in [7, 11) is 0. The molecule has 4 nitrogen and oxygen atoms in total. The Morgan fingerprint density at radius 1 is 0.879 bits per heavy atom. The first-order valence-corrected chi connectivity index (χ1v) is 12.5. The number of fused-ring (bicyclic) bond motifs is 1. The van der Waals surface area contributed by atoms with Gasteiger partial charge in [-0.2, -0.15) is 0 Å². The van der Waals surface area contributed by atoms with Crippen molar-refractivity contribution in [2.75, 3.05) is 0 Å². The maximum Gasteiger partial charge on any atom is 0.258 e. The first kappa shape index (κ1) is 21.8. The zero-order valence-electron chi connectivity index (χ0n) is 19.2. The van der Waals surface area contributed by atoms with Gasteiger partial charge in [0.15, 0.2) is 5.78 Å². The third kappa shape index (κ3) is 5.00. The molecule has 0 radical (unpaired) electrons. The Kier molecular flexibility index (Phi) is 6.52. The molecule has 0 bridgehead atoms. The predicted octanol–water partition coefficient (Wildman–Crippen LogP) is 6.82. The third-order valence-electron chi connectivity index (χ3n) is 7.42. The number of carbonyl (C=O) groups excluding carboxylic acids is 1. The zero-order valence-corrected chi connectivity index (χ0v) is 19.2. The van der Waals surface area contributed by atoms with Gasteiger partial charge in [0.05, 0.1) is 10.9 Å². The smallest absolute Gasteiger partial charge is 0.258 e. The number of nitrogens with one attached hydrogen (secondary N) is 1. The number of para-hydroxylation sites is 1. The summed E-state index contributed by atoms with van der Waals surface area (Å²) in [6.45, 7) is 0. The van der Waals surface area contributed by atoms with Crippen LogP contribution in [0.25, 0.3) is 17.0 Å². The molecule has 5 rings (SSSR count). The van der Waals surface area contributed by atoms with Crippen LogP contribution in [0.1, 0.15) is 91.9 Å². The summed E-state index contributed by atoms with van der Waals surface area (Å²) in [4.78, 5) is 33.5. The standard InChI is InChI=1S/C29H32N2O2/c32-27(23-15-13-21(14-16-23)19-20-7-2-1-3-8-20)22-9-6-10-24(18-17-22)28-30-26-12-5-4-11-25(26)29(33)31-28/h4-5,11-16,19,22,24H,1-3,6-10,17-18H2,(H,30,31,33). The SMILES string of the molecule is O=C(c1ccc(C=C2CCCCC2)cc1)C1CCCC(c2nc3ccccc3c(=O)[nH]2)CC1. The molecule has 33 heavy (non-hydrogen) atoms. The van der Waals surface area contributed by atoms with Gasteiger partial charge in [0.1, 0.15) is 5.82 Å². The average Bonchev–Trinajstić information content (AvgIpc) is 3.11. The number of aromatic nitrogens is 2. The number of nitrogens with zero attached hydrogens (tertiary/aromatic N) is 1. The molecule has 2 unspecified atom stereocenters. The van der Waals surface area contributed by atoms with E-state index in [2.05, 4.69) is 23.2 Å². The fourth-order valence-electron chi connectivity index (χ4n) is 5.50. The first-order valence-electron chi connectivity index (χ1n) is 12.5. The first-order chi connectivity index (χ1) is 16.2. The zero-order chi connectivity index (χ0) is 22.6. The van der Waals surface area contributed by atoms with E-state index < -0.39 is 0 Å². The highest BCUT2D eigenvalue weighted by molar-refractivity contribution is 5.98. The minimum Gasteiger partial charge on any atom is -0.310 e. The Labute approximate surface area is 195 Å². The summed E-state index contributed by atoms with van der Waals surface area (Å²) in [5.41, 5.74) is 4.24. The molecule has 0 amide bonds. The normalized spacial score (nSPS) is 21.5. The van der Waals surface area contributed by atoms with E-state index in [4.69, 9.17) is 4.98 Å². The van der Waals surface area contributed by atoms with Gasteiger partial charge in [0.25, 0.3) is 5.56 Å². The van der Waals surface area contributed by atoms with Crippen molar-refractivity contribution in [3.8, 4) is 0 Å². The summed E-state index contributed by atoms with van der Waals surface area (Å²) in [5, 5.41) is 0.630. The number of hydrogen-bond donors (Lipinski definition) is 1. The lowest BCUT2D eigenvalue weighted by atomic mass is 9.89. The van der Waals surface area contributed by atoms with Crippen molar-refractivity contribution in [2.45, 2.75) is 70.1 Å². The quantitative estimate of drug-likeness (QED) is 0.358. The molecule has 2 aliphatic rings. The molecular formula is C29H32N2O2. The summed E-state index contributed by atoms with van der Waals surface area (Å²) in [5.74, 6) is 1.27. The van der Waals surface area contributed by atoms with E-state index in [0.717, 1.165) is 49.0 Å². The lowest BCUT2D eigenvalue weighted by molar-refractivity contribution is 0.0907. The fourth-order valence-corrected chi connectivity index (χ4v) is 5.50. The number of allylic oxidation sites excluding steroid dienone is 1. The molecule has 2 aromatic carbocycles. The molecule has 1 aromatic heterocycles. The Bertz CT molecular complexity index is 1210. The minimum atomic E-state index is -0.0734. The second-order valence-corrected chi connectivity index (χ2v) is 9.72. The van der Waals surface area contributed by atoms with Crippen molar-refractivity contribution in [2.24, 2.45) is 5.92 Å². The maximum atomic E-state index is 13.2. The Morgan fingerprint density at radius 2 is 1.67 bits per heavy atom. The molecule has 0 aliphatic heterocycles. The minimum absolute atomic E-state index is 0.0460. The molecule has 0 spiro atoms. The van der Waals surface area contributed by atoms with Crippen LogP contribution >= 0.6 is 0 Å². The number of ketones is 1. The summed E-state index contributed by atoms with van der Waals surface area (Å²) in [6, 6.07) is 15.7. The third-order valence-corrected chi connectivity index (χ3v) is 7.42.